The Bertz CT molecular complexity index is 862. The standard InChI is InChI=1S/C29H40O3/c1-19(30)21-9-12-25-24-11-10-22-17-23(32-27(31)20-7-5-4-6-8-20)13-16-29(22,3)26(24)14-15-28(25,2)18-21/h4-8,21-26H,9-18H2,1-3H3/t21-,22+,23-,24+,25+,26+,28-,29+/m1/s1. The average molecular weight is 437 g/mol. The fourth-order valence-electron chi connectivity index (χ4n) is 8.72. The number of fused-ring (bicyclic) bond motifs is 5. The topological polar surface area (TPSA) is 43.4 Å². The lowest BCUT2D eigenvalue weighted by Crippen LogP contribution is -2.55. The molecule has 0 saturated heterocycles. The Kier molecular flexibility index (Phi) is 5.75. The highest BCUT2D eigenvalue weighted by Crippen LogP contribution is 2.66. The van der Waals surface area contributed by atoms with E-state index in [1.54, 1.807) is 6.92 Å². The molecule has 4 aliphatic carbocycles. The summed E-state index contributed by atoms with van der Waals surface area (Å²) in [6.07, 6.45) is 12.0. The number of benzene rings is 1. The normalized spacial score (nSPS) is 43.3. The van der Waals surface area contributed by atoms with Gasteiger partial charge in [-0.05, 0) is 118 Å². The molecule has 0 spiro atoms. The van der Waals surface area contributed by atoms with Crippen molar-refractivity contribution < 1.29 is 14.3 Å². The lowest BCUT2D eigenvalue weighted by atomic mass is 9.42. The molecular formula is C29H40O3. The van der Waals surface area contributed by atoms with Crippen molar-refractivity contribution in [1.29, 1.82) is 0 Å². The van der Waals surface area contributed by atoms with Crippen molar-refractivity contribution >= 4 is 11.8 Å². The van der Waals surface area contributed by atoms with E-state index in [9.17, 15) is 9.59 Å². The monoisotopic (exact) mass is 436 g/mol. The highest BCUT2D eigenvalue weighted by atomic mass is 16.5. The Morgan fingerprint density at radius 1 is 0.906 bits per heavy atom. The molecule has 3 heteroatoms. The van der Waals surface area contributed by atoms with Crippen molar-refractivity contribution in [2.75, 3.05) is 0 Å². The largest absolute Gasteiger partial charge is 0.459 e. The van der Waals surface area contributed by atoms with Crippen LogP contribution in [0.25, 0.3) is 0 Å². The van der Waals surface area contributed by atoms with Crippen LogP contribution in [0, 0.1) is 40.4 Å². The van der Waals surface area contributed by atoms with Gasteiger partial charge in [-0.3, -0.25) is 4.79 Å². The maximum absolute atomic E-state index is 12.6. The molecule has 4 aliphatic rings. The van der Waals surface area contributed by atoms with Gasteiger partial charge in [0.25, 0.3) is 0 Å². The van der Waals surface area contributed by atoms with Gasteiger partial charge >= 0.3 is 5.97 Å². The van der Waals surface area contributed by atoms with Crippen molar-refractivity contribution in [3.05, 3.63) is 35.9 Å². The van der Waals surface area contributed by atoms with Crippen LogP contribution in [0.3, 0.4) is 0 Å². The van der Waals surface area contributed by atoms with Gasteiger partial charge in [0.05, 0.1) is 5.56 Å². The van der Waals surface area contributed by atoms with E-state index in [0.29, 0.717) is 34.0 Å². The zero-order valence-electron chi connectivity index (χ0n) is 20.1. The van der Waals surface area contributed by atoms with E-state index in [2.05, 4.69) is 13.8 Å². The first-order valence-corrected chi connectivity index (χ1v) is 13.1. The van der Waals surface area contributed by atoms with E-state index < -0.39 is 0 Å². The maximum Gasteiger partial charge on any atom is 0.338 e. The fraction of sp³-hybridized carbons (Fsp3) is 0.724. The van der Waals surface area contributed by atoms with E-state index in [1.807, 2.05) is 30.3 Å². The number of ether oxygens (including phenoxy) is 1. The first-order valence-electron chi connectivity index (χ1n) is 13.1. The Hall–Kier alpha value is -1.64. The Balaban J connectivity index is 1.27. The first kappa shape index (κ1) is 22.2. The number of carbonyl (C=O) groups excluding carboxylic acids is 2. The van der Waals surface area contributed by atoms with Crippen molar-refractivity contribution in [1.82, 2.24) is 0 Å². The van der Waals surface area contributed by atoms with Crippen LogP contribution in [-0.2, 0) is 9.53 Å². The molecule has 4 saturated carbocycles. The van der Waals surface area contributed by atoms with Crippen LogP contribution < -0.4 is 0 Å². The van der Waals surface area contributed by atoms with E-state index in [1.165, 1.54) is 38.5 Å². The van der Waals surface area contributed by atoms with Crippen molar-refractivity contribution in [2.45, 2.75) is 91.1 Å². The summed E-state index contributed by atoms with van der Waals surface area (Å²) in [6.45, 7) is 6.86. The molecule has 4 fully saturated rings. The van der Waals surface area contributed by atoms with Crippen molar-refractivity contribution in [3.8, 4) is 0 Å². The molecule has 0 N–H and O–H groups in total. The Labute approximate surface area is 193 Å². The van der Waals surface area contributed by atoms with Gasteiger partial charge in [-0.2, -0.15) is 0 Å². The maximum atomic E-state index is 12.6. The molecule has 0 aliphatic heterocycles. The summed E-state index contributed by atoms with van der Waals surface area (Å²) in [6, 6.07) is 9.43. The van der Waals surface area contributed by atoms with Gasteiger partial charge in [0, 0.05) is 5.92 Å². The minimum Gasteiger partial charge on any atom is -0.459 e. The molecule has 174 valence electrons. The molecular weight excluding hydrogens is 396 g/mol. The number of carbonyl (C=O) groups is 2. The van der Waals surface area contributed by atoms with Crippen LogP contribution in [0.1, 0.15) is 95.3 Å². The summed E-state index contributed by atoms with van der Waals surface area (Å²) in [7, 11) is 0. The van der Waals surface area contributed by atoms with E-state index >= 15 is 0 Å². The van der Waals surface area contributed by atoms with Crippen molar-refractivity contribution in [2.24, 2.45) is 40.4 Å². The SMILES string of the molecule is CC(=O)[C@@H]1CC[C@H]2[C@@H]3CC[C@H]4C[C@H](OC(=O)c5ccccc5)CC[C@]4(C)[C@H]3CC[C@]2(C)C1. The van der Waals surface area contributed by atoms with Crippen LogP contribution in [-0.4, -0.2) is 17.9 Å². The number of ketones is 1. The highest BCUT2D eigenvalue weighted by molar-refractivity contribution is 5.89. The smallest absolute Gasteiger partial charge is 0.338 e. The third kappa shape index (κ3) is 3.74. The molecule has 1 aromatic carbocycles. The van der Waals surface area contributed by atoms with Gasteiger partial charge in [0.2, 0.25) is 0 Å². The van der Waals surface area contributed by atoms with Gasteiger partial charge in [0.15, 0.2) is 0 Å². The summed E-state index contributed by atoms with van der Waals surface area (Å²) in [5.41, 5.74) is 1.41. The fourth-order valence-corrected chi connectivity index (χ4v) is 8.72. The summed E-state index contributed by atoms with van der Waals surface area (Å²) in [5.74, 6) is 3.64. The third-order valence-corrected chi connectivity index (χ3v) is 10.5. The lowest BCUT2D eigenvalue weighted by Gasteiger charge is -2.63. The summed E-state index contributed by atoms with van der Waals surface area (Å²) >= 11 is 0. The summed E-state index contributed by atoms with van der Waals surface area (Å²) in [4.78, 5) is 24.7. The molecule has 1 aromatic rings. The molecule has 3 nitrogen and oxygen atoms in total. The molecule has 0 radical (unpaired) electrons. The van der Waals surface area contributed by atoms with Crippen LogP contribution >= 0.6 is 0 Å². The van der Waals surface area contributed by atoms with Gasteiger partial charge in [-0.25, -0.2) is 4.79 Å². The van der Waals surface area contributed by atoms with Gasteiger partial charge < -0.3 is 4.74 Å². The quantitative estimate of drug-likeness (QED) is 0.487. The molecule has 0 bridgehead atoms. The third-order valence-electron chi connectivity index (χ3n) is 10.5. The van der Waals surface area contributed by atoms with Crippen LogP contribution in [0.5, 0.6) is 0 Å². The number of hydrogen-bond donors (Lipinski definition) is 0. The average Bonchev–Trinajstić information content (AvgIpc) is 2.78. The number of rotatable bonds is 3. The second-order valence-corrected chi connectivity index (χ2v) is 12.1. The predicted octanol–water partition coefficient (Wildman–Crippen LogP) is 6.85. The highest BCUT2D eigenvalue weighted by Gasteiger charge is 2.58. The predicted molar refractivity (Wildman–Crippen MR) is 126 cm³/mol. The zero-order valence-corrected chi connectivity index (χ0v) is 20.1. The molecule has 5 rings (SSSR count). The van der Waals surface area contributed by atoms with Gasteiger partial charge in [0.1, 0.15) is 11.9 Å². The minimum absolute atomic E-state index is 0.0668. The number of esters is 1. The van der Waals surface area contributed by atoms with Gasteiger partial charge in [-0.1, -0.05) is 32.0 Å². The Morgan fingerprint density at radius 3 is 2.44 bits per heavy atom. The number of Topliss-reactive ketones (excluding diaryl/α,β-unsaturated/α-hetero) is 1. The molecule has 0 heterocycles. The van der Waals surface area contributed by atoms with Gasteiger partial charge in [-0.15, -0.1) is 0 Å². The summed E-state index contributed by atoms with van der Waals surface area (Å²) in [5, 5.41) is 0. The zero-order chi connectivity index (χ0) is 22.5. The minimum atomic E-state index is -0.163. The van der Waals surface area contributed by atoms with Crippen LogP contribution in [0.4, 0.5) is 0 Å². The lowest BCUT2D eigenvalue weighted by molar-refractivity contribution is -0.148. The molecule has 0 aromatic heterocycles. The first-order chi connectivity index (χ1) is 15.3. The van der Waals surface area contributed by atoms with Crippen LogP contribution in [0.15, 0.2) is 30.3 Å². The molecule has 0 unspecified atom stereocenters. The molecule has 0 amide bonds. The second kappa shape index (κ2) is 8.29. The van der Waals surface area contributed by atoms with Crippen LogP contribution in [0.2, 0.25) is 0 Å². The second-order valence-electron chi connectivity index (χ2n) is 12.1. The number of hydrogen-bond acceptors (Lipinski definition) is 3. The Morgan fingerprint density at radius 2 is 1.69 bits per heavy atom. The molecule has 8 atom stereocenters. The summed E-state index contributed by atoms with van der Waals surface area (Å²) < 4.78 is 5.97. The van der Waals surface area contributed by atoms with E-state index in [4.69, 9.17) is 4.74 Å². The molecule has 32 heavy (non-hydrogen) atoms. The van der Waals surface area contributed by atoms with E-state index in [-0.39, 0.29) is 12.1 Å². The van der Waals surface area contributed by atoms with Crippen molar-refractivity contribution in [3.63, 3.8) is 0 Å². The van der Waals surface area contributed by atoms with E-state index in [0.717, 1.165) is 43.4 Å².